The maximum absolute atomic E-state index is 11.0. The number of carbonyl (C=O) groups excluding carboxylic acids is 2. The number of imide groups is 1. The van der Waals surface area contributed by atoms with Crippen molar-refractivity contribution in [1.29, 1.82) is 0 Å². The predicted octanol–water partition coefficient (Wildman–Crippen LogP) is 1.73. The fourth-order valence-corrected chi connectivity index (χ4v) is 0.893. The highest BCUT2D eigenvalue weighted by Crippen LogP contribution is 2.26. The van der Waals surface area contributed by atoms with E-state index in [1.165, 1.54) is 0 Å². The van der Waals surface area contributed by atoms with Crippen LogP contribution in [0.3, 0.4) is 0 Å². The topological polar surface area (TPSA) is 46.6 Å². The Bertz CT molecular complexity index is 238. The Morgan fingerprint density at radius 1 is 1.54 bits per heavy atom. The molecule has 0 atom stereocenters. The number of alkyl halides is 3. The molecule has 1 aliphatic rings. The van der Waals surface area contributed by atoms with Gasteiger partial charge in [0.05, 0.1) is 0 Å². The van der Waals surface area contributed by atoms with Crippen molar-refractivity contribution in [3.05, 3.63) is 0 Å². The van der Waals surface area contributed by atoms with Gasteiger partial charge in [-0.2, -0.15) is 0 Å². The van der Waals surface area contributed by atoms with Crippen LogP contribution in [0.4, 0.5) is 4.79 Å². The second-order valence-corrected chi connectivity index (χ2v) is 4.98. The van der Waals surface area contributed by atoms with Crippen LogP contribution in [-0.2, 0) is 9.53 Å². The smallest absolute Gasteiger partial charge is 0.416 e. The first-order valence-electron chi connectivity index (χ1n) is 3.44. The number of carbonyl (C=O) groups is 2. The number of ether oxygens (including phenoxy) is 1. The average molecular weight is 246 g/mol. The molecule has 0 unspecified atom stereocenters. The summed E-state index contributed by atoms with van der Waals surface area (Å²) in [5.74, 6) is -0.269. The SMILES string of the molecule is O=C1CCN1C(=O)OCC(Cl)(Cl)Cl. The molecule has 0 aliphatic carbocycles. The highest BCUT2D eigenvalue weighted by molar-refractivity contribution is 6.67. The Labute approximate surface area is 89.7 Å². The van der Waals surface area contributed by atoms with Gasteiger partial charge in [-0.05, 0) is 0 Å². The standard InChI is InChI=1S/C6H6Cl3NO3/c7-6(8,9)3-13-5(12)10-2-1-4(10)11/h1-3H2. The molecule has 1 fully saturated rings. The molecule has 2 amide bonds. The van der Waals surface area contributed by atoms with Crippen molar-refractivity contribution in [2.24, 2.45) is 0 Å². The Kier molecular flexibility index (Phi) is 3.27. The molecule has 1 saturated heterocycles. The summed E-state index contributed by atoms with van der Waals surface area (Å²) in [6.45, 7) is 0.0117. The second-order valence-electron chi connectivity index (χ2n) is 2.47. The molecule has 0 aromatic carbocycles. The van der Waals surface area contributed by atoms with Crippen LogP contribution in [0, 0.1) is 0 Å². The lowest BCUT2D eigenvalue weighted by Gasteiger charge is -2.27. The fraction of sp³-hybridized carbons (Fsp3) is 0.667. The Morgan fingerprint density at radius 3 is 2.46 bits per heavy atom. The van der Waals surface area contributed by atoms with Crippen molar-refractivity contribution in [3.8, 4) is 0 Å². The van der Waals surface area contributed by atoms with Gasteiger partial charge < -0.3 is 4.74 Å². The highest BCUT2D eigenvalue weighted by Gasteiger charge is 2.33. The normalized spacial score (nSPS) is 16.8. The molecule has 0 N–H and O–H groups in total. The van der Waals surface area contributed by atoms with Crippen molar-refractivity contribution < 1.29 is 14.3 Å². The van der Waals surface area contributed by atoms with Gasteiger partial charge in [0.15, 0.2) is 0 Å². The van der Waals surface area contributed by atoms with Gasteiger partial charge in [-0.15, -0.1) is 0 Å². The highest BCUT2D eigenvalue weighted by atomic mass is 35.6. The van der Waals surface area contributed by atoms with Gasteiger partial charge in [-0.25, -0.2) is 9.69 Å². The molecule has 0 radical (unpaired) electrons. The minimum atomic E-state index is -1.64. The van der Waals surface area contributed by atoms with Crippen molar-refractivity contribution >= 4 is 46.8 Å². The van der Waals surface area contributed by atoms with Crippen molar-refractivity contribution in [2.45, 2.75) is 10.2 Å². The molecule has 1 rings (SSSR count). The lowest BCUT2D eigenvalue weighted by molar-refractivity contribution is -0.137. The molecular weight excluding hydrogens is 240 g/mol. The zero-order chi connectivity index (χ0) is 10.1. The number of amides is 2. The van der Waals surface area contributed by atoms with E-state index in [4.69, 9.17) is 34.8 Å². The van der Waals surface area contributed by atoms with E-state index in [0.29, 0.717) is 13.0 Å². The van der Waals surface area contributed by atoms with Gasteiger partial charge in [-0.3, -0.25) is 4.79 Å². The van der Waals surface area contributed by atoms with Gasteiger partial charge in [0.2, 0.25) is 9.70 Å². The molecule has 13 heavy (non-hydrogen) atoms. The van der Waals surface area contributed by atoms with E-state index in [1.54, 1.807) is 0 Å². The van der Waals surface area contributed by atoms with Crippen LogP contribution in [-0.4, -0.2) is 33.8 Å². The van der Waals surface area contributed by atoms with Gasteiger partial charge >= 0.3 is 6.09 Å². The number of hydrogen-bond acceptors (Lipinski definition) is 3. The van der Waals surface area contributed by atoms with Crippen LogP contribution in [0.1, 0.15) is 6.42 Å². The number of β-lactam (4-membered cyclic amide) rings is 1. The van der Waals surface area contributed by atoms with Crippen LogP contribution in [0.2, 0.25) is 0 Å². The summed E-state index contributed by atoms with van der Waals surface area (Å²) in [6.07, 6.45) is -0.398. The first kappa shape index (κ1) is 10.9. The molecule has 7 heteroatoms. The van der Waals surface area contributed by atoms with E-state index in [0.717, 1.165) is 4.90 Å². The first-order chi connectivity index (χ1) is 5.90. The molecule has 1 aliphatic heterocycles. The van der Waals surface area contributed by atoms with E-state index < -0.39 is 9.89 Å². The zero-order valence-electron chi connectivity index (χ0n) is 6.43. The van der Waals surface area contributed by atoms with E-state index in [2.05, 4.69) is 4.74 Å². The largest absolute Gasteiger partial charge is 0.445 e. The monoisotopic (exact) mass is 245 g/mol. The summed E-state index contributed by atoms with van der Waals surface area (Å²) in [5.41, 5.74) is 0. The predicted molar refractivity (Wildman–Crippen MR) is 48.0 cm³/mol. The van der Waals surface area contributed by atoms with Crippen LogP contribution in [0.25, 0.3) is 0 Å². The third-order valence-electron chi connectivity index (χ3n) is 1.43. The Balaban J connectivity index is 2.30. The number of hydrogen-bond donors (Lipinski definition) is 0. The van der Waals surface area contributed by atoms with Gasteiger partial charge in [0.25, 0.3) is 0 Å². The van der Waals surface area contributed by atoms with Crippen LogP contribution < -0.4 is 0 Å². The van der Waals surface area contributed by atoms with E-state index in [-0.39, 0.29) is 12.5 Å². The molecule has 0 spiro atoms. The second kappa shape index (κ2) is 3.90. The molecule has 0 bridgehead atoms. The van der Waals surface area contributed by atoms with Gasteiger partial charge in [-0.1, -0.05) is 34.8 Å². The number of nitrogens with zero attached hydrogens (tertiary/aromatic N) is 1. The first-order valence-corrected chi connectivity index (χ1v) is 4.57. The summed E-state index contributed by atoms with van der Waals surface area (Å²) in [7, 11) is 0. The average Bonchev–Trinajstić information content (AvgIpc) is 1.97. The summed E-state index contributed by atoms with van der Waals surface area (Å²) in [5, 5.41) is 0. The molecule has 0 aromatic rings. The van der Waals surface area contributed by atoms with Crippen LogP contribution in [0.5, 0.6) is 0 Å². The lowest BCUT2D eigenvalue weighted by Crippen LogP contribution is -2.48. The third-order valence-corrected chi connectivity index (χ3v) is 1.76. The minimum absolute atomic E-state index is 0.269. The van der Waals surface area contributed by atoms with Gasteiger partial charge in [0.1, 0.15) is 6.61 Å². The van der Waals surface area contributed by atoms with Crippen molar-refractivity contribution in [3.63, 3.8) is 0 Å². The maximum Gasteiger partial charge on any atom is 0.416 e. The van der Waals surface area contributed by atoms with Crippen molar-refractivity contribution in [1.82, 2.24) is 4.90 Å². The molecule has 4 nitrogen and oxygen atoms in total. The zero-order valence-corrected chi connectivity index (χ0v) is 8.69. The molecule has 0 aromatic heterocycles. The third kappa shape index (κ3) is 3.21. The molecule has 74 valence electrons. The van der Waals surface area contributed by atoms with E-state index in [1.807, 2.05) is 0 Å². The minimum Gasteiger partial charge on any atom is -0.445 e. The quantitative estimate of drug-likeness (QED) is 0.523. The molecular formula is C6H6Cl3NO3. The molecule has 0 saturated carbocycles. The fourth-order valence-electron chi connectivity index (χ4n) is 0.729. The van der Waals surface area contributed by atoms with Gasteiger partial charge in [0, 0.05) is 13.0 Å². The van der Waals surface area contributed by atoms with Crippen molar-refractivity contribution in [2.75, 3.05) is 13.2 Å². The van der Waals surface area contributed by atoms with Crippen LogP contribution in [0.15, 0.2) is 0 Å². The Morgan fingerprint density at radius 2 is 2.15 bits per heavy atom. The summed E-state index contributed by atoms with van der Waals surface area (Å²) in [6, 6.07) is 0. The lowest BCUT2D eigenvalue weighted by atomic mass is 10.2. The molecule has 1 heterocycles. The maximum atomic E-state index is 11.0. The number of halogens is 3. The number of rotatable bonds is 1. The summed E-state index contributed by atoms with van der Waals surface area (Å²) < 4.78 is 2.92. The van der Waals surface area contributed by atoms with Crippen LogP contribution >= 0.6 is 34.8 Å². The summed E-state index contributed by atoms with van der Waals surface area (Å²) in [4.78, 5) is 22.7. The summed E-state index contributed by atoms with van der Waals surface area (Å²) >= 11 is 16.0. The Hall–Kier alpha value is -0.190. The van der Waals surface area contributed by atoms with E-state index >= 15 is 0 Å². The number of likely N-dealkylation sites (tertiary alicyclic amines) is 1. The van der Waals surface area contributed by atoms with E-state index in [9.17, 15) is 9.59 Å².